The third kappa shape index (κ3) is 4.83. The zero-order valence-corrected chi connectivity index (χ0v) is 17.5. The van der Waals surface area contributed by atoms with Gasteiger partial charge in [0.15, 0.2) is 5.79 Å². The lowest BCUT2D eigenvalue weighted by Crippen LogP contribution is -2.73. The number of azide groups is 1. The first-order valence-corrected chi connectivity index (χ1v) is 9.25. The number of rotatable bonds is 7. The molecular weight excluding hydrogens is 404 g/mol. The number of carbonyl (C=O) groups excluding carboxylic acids is 2. The van der Waals surface area contributed by atoms with Crippen molar-refractivity contribution in [2.75, 3.05) is 27.4 Å². The van der Waals surface area contributed by atoms with Gasteiger partial charge in [-0.25, -0.2) is 4.79 Å². The second-order valence-electron chi connectivity index (χ2n) is 7.74. The molecule has 0 unspecified atom stereocenters. The largest absolute Gasteiger partial charge is 0.465 e. The van der Waals surface area contributed by atoms with E-state index in [1.54, 1.807) is 13.8 Å². The van der Waals surface area contributed by atoms with Gasteiger partial charge in [0.25, 0.3) is 5.79 Å². The van der Waals surface area contributed by atoms with Crippen LogP contribution in [0.1, 0.15) is 27.2 Å². The minimum absolute atomic E-state index is 0.00615. The van der Waals surface area contributed by atoms with Crippen LogP contribution in [0.3, 0.4) is 0 Å². The van der Waals surface area contributed by atoms with Crippen LogP contribution in [-0.2, 0) is 33.3 Å². The van der Waals surface area contributed by atoms with Gasteiger partial charge in [0, 0.05) is 25.4 Å². The summed E-state index contributed by atoms with van der Waals surface area (Å²) in [7, 11) is 2.26. The molecule has 13 heteroatoms. The zero-order chi connectivity index (χ0) is 22.7. The molecule has 13 nitrogen and oxygen atoms in total. The third-order valence-corrected chi connectivity index (χ3v) is 5.11. The van der Waals surface area contributed by atoms with E-state index in [9.17, 15) is 19.8 Å². The van der Waals surface area contributed by atoms with Gasteiger partial charge in [0.1, 0.15) is 18.3 Å². The predicted molar refractivity (Wildman–Crippen MR) is 98.7 cm³/mol. The summed E-state index contributed by atoms with van der Waals surface area (Å²) in [5, 5.41) is 28.3. The molecule has 2 saturated heterocycles. The fourth-order valence-electron chi connectivity index (χ4n) is 3.73. The Morgan fingerprint density at radius 3 is 2.50 bits per heavy atom. The summed E-state index contributed by atoms with van der Waals surface area (Å²) >= 11 is 0. The first kappa shape index (κ1) is 24.3. The Morgan fingerprint density at radius 2 is 2.03 bits per heavy atom. The summed E-state index contributed by atoms with van der Waals surface area (Å²) < 4.78 is 27.0. The number of ether oxygens (including phenoxy) is 5. The number of methoxy groups -OCH3 is 2. The zero-order valence-electron chi connectivity index (χ0n) is 17.5. The van der Waals surface area contributed by atoms with Gasteiger partial charge in [-0.1, -0.05) is 5.11 Å². The van der Waals surface area contributed by atoms with Crippen molar-refractivity contribution in [3.05, 3.63) is 10.4 Å². The highest BCUT2D eigenvalue weighted by atomic mass is 16.8. The summed E-state index contributed by atoms with van der Waals surface area (Å²) in [6.45, 7) is 3.95. The summed E-state index contributed by atoms with van der Waals surface area (Å²) in [5.74, 6) is -4.64. The summed E-state index contributed by atoms with van der Waals surface area (Å²) in [4.78, 5) is 27.0. The van der Waals surface area contributed by atoms with Crippen molar-refractivity contribution < 1.29 is 43.5 Å². The first-order valence-electron chi connectivity index (χ1n) is 9.25. The maximum absolute atomic E-state index is 12.5. The van der Waals surface area contributed by atoms with E-state index < -0.39 is 66.4 Å². The number of aliphatic hydroxyl groups is 2. The molecule has 0 saturated carbocycles. The average Bonchev–Trinajstić information content (AvgIpc) is 3.06. The molecule has 2 rings (SSSR count). The second-order valence-corrected chi connectivity index (χ2v) is 7.74. The highest BCUT2D eigenvalue weighted by Gasteiger charge is 2.62. The van der Waals surface area contributed by atoms with Crippen LogP contribution in [0.15, 0.2) is 5.11 Å². The van der Waals surface area contributed by atoms with Crippen molar-refractivity contribution in [1.29, 1.82) is 0 Å². The number of amides is 1. The van der Waals surface area contributed by atoms with Crippen molar-refractivity contribution in [3.8, 4) is 0 Å². The van der Waals surface area contributed by atoms with E-state index in [1.807, 2.05) is 0 Å². The van der Waals surface area contributed by atoms with Crippen LogP contribution >= 0.6 is 0 Å². The lowest BCUT2D eigenvalue weighted by atomic mass is 9.78. The maximum atomic E-state index is 12.5. The minimum Gasteiger partial charge on any atom is -0.465 e. The highest BCUT2D eigenvalue weighted by Crippen LogP contribution is 2.40. The van der Waals surface area contributed by atoms with E-state index in [-0.39, 0.29) is 6.61 Å². The maximum Gasteiger partial charge on any atom is 0.366 e. The van der Waals surface area contributed by atoms with Gasteiger partial charge in [-0.15, -0.1) is 0 Å². The Bertz CT molecular complexity index is 713. The number of nitrogens with zero attached hydrogens (tertiary/aromatic N) is 3. The highest BCUT2D eigenvalue weighted by molar-refractivity contribution is 5.78. The molecule has 0 aromatic carbocycles. The molecule has 0 aliphatic carbocycles. The second kappa shape index (κ2) is 9.02. The predicted octanol–water partition coefficient (Wildman–Crippen LogP) is -0.650. The van der Waals surface area contributed by atoms with Gasteiger partial charge in [-0.05, 0) is 19.4 Å². The number of esters is 1. The topological polar surface area (TPSA) is 182 Å². The van der Waals surface area contributed by atoms with E-state index >= 15 is 0 Å². The molecule has 0 bridgehead atoms. The Kier molecular flexibility index (Phi) is 7.30. The number of nitrogens with one attached hydrogen (secondary N) is 1. The van der Waals surface area contributed by atoms with E-state index in [0.29, 0.717) is 0 Å². The molecule has 2 heterocycles. The third-order valence-electron chi connectivity index (χ3n) is 5.11. The lowest BCUT2D eigenvalue weighted by molar-refractivity contribution is -0.320. The van der Waals surface area contributed by atoms with Gasteiger partial charge < -0.3 is 39.2 Å². The van der Waals surface area contributed by atoms with Crippen LogP contribution in [0, 0.1) is 0 Å². The molecule has 1 amide bonds. The molecule has 2 fully saturated rings. The van der Waals surface area contributed by atoms with E-state index in [0.717, 1.165) is 14.2 Å². The fourth-order valence-corrected chi connectivity index (χ4v) is 3.73. The quantitative estimate of drug-likeness (QED) is 0.204. The van der Waals surface area contributed by atoms with Gasteiger partial charge >= 0.3 is 5.97 Å². The molecule has 2 aliphatic heterocycles. The van der Waals surface area contributed by atoms with Crippen molar-refractivity contribution in [2.45, 2.75) is 68.7 Å². The molecule has 6 atom stereocenters. The molecule has 2 aliphatic rings. The van der Waals surface area contributed by atoms with Crippen molar-refractivity contribution >= 4 is 11.9 Å². The van der Waals surface area contributed by atoms with Gasteiger partial charge in [0.2, 0.25) is 5.91 Å². The Hall–Kier alpha value is -1.99. The van der Waals surface area contributed by atoms with Crippen LogP contribution in [0.2, 0.25) is 0 Å². The molecule has 3 N–H and O–H groups in total. The first-order chi connectivity index (χ1) is 13.9. The average molecular weight is 432 g/mol. The standard InChI is InChI=1S/C17H28N4O9/c1-9(22)20-13-12(11(23)10-6-28-15(2,3)29-10)30-17(27-5,14(24)26-4)7-16(13,25)8-19-21-18/h10-13,23,25H,6-8H2,1-5H3,(H,20,22)/t10-,11-,12+,13+,16+,17+/m1/s1. The van der Waals surface area contributed by atoms with Crippen molar-refractivity contribution in [2.24, 2.45) is 5.11 Å². The molecule has 0 spiro atoms. The van der Waals surface area contributed by atoms with E-state index in [4.69, 9.17) is 29.2 Å². The van der Waals surface area contributed by atoms with Gasteiger partial charge in [-0.3, -0.25) is 4.79 Å². The summed E-state index contributed by atoms with van der Waals surface area (Å²) in [5.41, 5.74) is 6.72. The molecule has 0 aromatic heterocycles. The lowest BCUT2D eigenvalue weighted by Gasteiger charge is -2.51. The normalized spacial score (nSPS) is 36.4. The van der Waals surface area contributed by atoms with Gasteiger partial charge in [0.05, 0.1) is 31.9 Å². The molecular formula is C17H28N4O9. The fraction of sp³-hybridized carbons (Fsp3) is 0.882. The van der Waals surface area contributed by atoms with Crippen molar-refractivity contribution in [1.82, 2.24) is 5.32 Å². The van der Waals surface area contributed by atoms with Gasteiger partial charge in [-0.2, -0.15) is 0 Å². The number of hydrogen-bond donors (Lipinski definition) is 3. The molecule has 30 heavy (non-hydrogen) atoms. The van der Waals surface area contributed by atoms with Crippen LogP contribution in [0.5, 0.6) is 0 Å². The van der Waals surface area contributed by atoms with Crippen LogP contribution in [0.25, 0.3) is 10.4 Å². The smallest absolute Gasteiger partial charge is 0.366 e. The Labute approximate surface area is 173 Å². The van der Waals surface area contributed by atoms with E-state index in [2.05, 4.69) is 15.3 Å². The monoisotopic (exact) mass is 432 g/mol. The van der Waals surface area contributed by atoms with E-state index in [1.165, 1.54) is 6.92 Å². The number of hydrogen-bond acceptors (Lipinski definition) is 10. The Morgan fingerprint density at radius 1 is 1.37 bits per heavy atom. The minimum atomic E-state index is -2.13. The summed E-state index contributed by atoms with van der Waals surface area (Å²) in [6.07, 6.45) is -4.33. The SMILES string of the molecule is COC(=O)[C@]1(OC)C[C@](O)(CN=[N+]=[N-])[C@@H](NC(C)=O)[C@H]([C@H](O)[C@H]2COC(C)(C)O2)O1. The molecule has 170 valence electrons. The van der Waals surface area contributed by atoms with Crippen LogP contribution < -0.4 is 5.32 Å². The number of aliphatic hydroxyl groups excluding tert-OH is 1. The van der Waals surface area contributed by atoms with Crippen LogP contribution in [-0.4, -0.2) is 91.0 Å². The Balaban J connectivity index is 2.52. The van der Waals surface area contributed by atoms with Crippen molar-refractivity contribution in [3.63, 3.8) is 0 Å². The number of carbonyl (C=O) groups is 2. The van der Waals surface area contributed by atoms with Crippen LogP contribution in [0.4, 0.5) is 0 Å². The molecule has 0 aromatic rings. The molecule has 0 radical (unpaired) electrons. The summed E-state index contributed by atoms with van der Waals surface area (Å²) in [6, 6.07) is -1.28.